The number of nitrogens with one attached hydrogen (secondary N) is 1. The quantitative estimate of drug-likeness (QED) is 0.886. The van der Waals surface area contributed by atoms with Crippen LogP contribution in [0.15, 0.2) is 42.5 Å². The summed E-state index contributed by atoms with van der Waals surface area (Å²) in [7, 11) is 0. The Kier molecular flexibility index (Phi) is 5.26. The zero-order chi connectivity index (χ0) is 18.7. The van der Waals surface area contributed by atoms with Crippen LogP contribution in [0.5, 0.6) is 5.75 Å². The summed E-state index contributed by atoms with van der Waals surface area (Å²) in [4.78, 5) is 25.9. The van der Waals surface area contributed by atoms with E-state index in [1.165, 1.54) is 12.5 Å². The SMILES string of the molecule is CC(=O)Nc1ccc(C(=O)N2CCC(Cc3ccc(O)cc3)C2)c(C)c1. The molecule has 0 saturated carbocycles. The van der Waals surface area contributed by atoms with Crippen molar-refractivity contribution >= 4 is 17.5 Å². The molecule has 2 aromatic carbocycles. The van der Waals surface area contributed by atoms with Crippen LogP contribution >= 0.6 is 0 Å². The molecule has 1 unspecified atom stereocenters. The first-order valence-corrected chi connectivity index (χ1v) is 8.88. The van der Waals surface area contributed by atoms with Gasteiger partial charge in [0.05, 0.1) is 0 Å². The number of aryl methyl sites for hydroxylation is 1. The van der Waals surface area contributed by atoms with Crippen LogP contribution in [0.4, 0.5) is 5.69 Å². The maximum Gasteiger partial charge on any atom is 0.254 e. The van der Waals surface area contributed by atoms with E-state index in [2.05, 4.69) is 5.32 Å². The largest absolute Gasteiger partial charge is 0.508 e. The molecule has 0 aliphatic carbocycles. The maximum atomic E-state index is 12.8. The lowest BCUT2D eigenvalue weighted by Crippen LogP contribution is -2.29. The van der Waals surface area contributed by atoms with E-state index < -0.39 is 0 Å². The van der Waals surface area contributed by atoms with E-state index >= 15 is 0 Å². The first-order valence-electron chi connectivity index (χ1n) is 8.88. The van der Waals surface area contributed by atoms with Crippen molar-refractivity contribution in [1.82, 2.24) is 4.90 Å². The summed E-state index contributed by atoms with van der Waals surface area (Å²) in [5.41, 5.74) is 3.43. The first kappa shape index (κ1) is 18.0. The molecule has 1 aliphatic rings. The predicted octanol–water partition coefficient (Wildman–Crippen LogP) is 3.36. The molecule has 1 saturated heterocycles. The molecule has 1 fully saturated rings. The molecule has 2 N–H and O–H groups in total. The number of hydrogen-bond donors (Lipinski definition) is 2. The predicted molar refractivity (Wildman–Crippen MR) is 101 cm³/mol. The summed E-state index contributed by atoms with van der Waals surface area (Å²) in [6.45, 7) is 4.86. The van der Waals surface area contributed by atoms with Crippen molar-refractivity contribution in [2.45, 2.75) is 26.7 Å². The summed E-state index contributed by atoms with van der Waals surface area (Å²) < 4.78 is 0. The Hall–Kier alpha value is -2.82. The Morgan fingerprint density at radius 3 is 2.58 bits per heavy atom. The first-order chi connectivity index (χ1) is 12.4. The minimum Gasteiger partial charge on any atom is -0.508 e. The van der Waals surface area contributed by atoms with Gasteiger partial charge in [0.2, 0.25) is 5.91 Å². The van der Waals surface area contributed by atoms with E-state index in [0.717, 1.165) is 31.5 Å². The number of hydrogen-bond acceptors (Lipinski definition) is 3. The third-order valence-electron chi connectivity index (χ3n) is 4.81. The highest BCUT2D eigenvalue weighted by molar-refractivity contribution is 5.97. The van der Waals surface area contributed by atoms with Gasteiger partial charge >= 0.3 is 0 Å². The second kappa shape index (κ2) is 7.60. The van der Waals surface area contributed by atoms with Gasteiger partial charge in [-0.3, -0.25) is 9.59 Å². The molecule has 0 bridgehead atoms. The second-order valence-corrected chi connectivity index (χ2v) is 6.99. The fourth-order valence-corrected chi connectivity index (χ4v) is 3.50. The molecule has 1 heterocycles. The lowest BCUT2D eigenvalue weighted by atomic mass is 9.99. The monoisotopic (exact) mass is 352 g/mol. The van der Waals surface area contributed by atoms with Crippen LogP contribution in [0.3, 0.4) is 0 Å². The number of phenolic OH excluding ortho intramolecular Hbond substituents is 1. The Morgan fingerprint density at radius 2 is 1.92 bits per heavy atom. The Balaban J connectivity index is 1.64. The van der Waals surface area contributed by atoms with Crippen molar-refractivity contribution in [3.05, 3.63) is 59.2 Å². The molecule has 1 aliphatic heterocycles. The van der Waals surface area contributed by atoms with E-state index in [1.54, 1.807) is 24.3 Å². The van der Waals surface area contributed by atoms with Crippen molar-refractivity contribution in [2.24, 2.45) is 5.92 Å². The van der Waals surface area contributed by atoms with Gasteiger partial charge in [-0.2, -0.15) is 0 Å². The number of carbonyl (C=O) groups excluding carboxylic acids is 2. The highest BCUT2D eigenvalue weighted by atomic mass is 16.3. The summed E-state index contributed by atoms with van der Waals surface area (Å²) in [6, 6.07) is 12.7. The zero-order valence-corrected chi connectivity index (χ0v) is 15.2. The molecular weight excluding hydrogens is 328 g/mol. The van der Waals surface area contributed by atoms with Gasteiger partial charge in [-0.15, -0.1) is 0 Å². The summed E-state index contributed by atoms with van der Waals surface area (Å²) in [5.74, 6) is 0.628. The van der Waals surface area contributed by atoms with E-state index in [1.807, 2.05) is 30.0 Å². The van der Waals surface area contributed by atoms with Gasteiger partial charge in [-0.05, 0) is 67.1 Å². The fraction of sp³-hybridized carbons (Fsp3) is 0.333. The van der Waals surface area contributed by atoms with Crippen molar-refractivity contribution < 1.29 is 14.7 Å². The number of nitrogens with zero attached hydrogens (tertiary/aromatic N) is 1. The minimum absolute atomic E-state index is 0.0464. The van der Waals surface area contributed by atoms with Gasteiger partial charge < -0.3 is 15.3 Å². The van der Waals surface area contributed by atoms with Crippen LogP contribution in [0.1, 0.15) is 34.8 Å². The number of anilines is 1. The minimum atomic E-state index is -0.125. The van der Waals surface area contributed by atoms with Gasteiger partial charge in [0.25, 0.3) is 5.91 Å². The number of phenols is 1. The van der Waals surface area contributed by atoms with Crippen LogP contribution < -0.4 is 5.32 Å². The van der Waals surface area contributed by atoms with Crippen molar-refractivity contribution in [1.29, 1.82) is 0 Å². The van der Waals surface area contributed by atoms with Crippen molar-refractivity contribution in [3.8, 4) is 5.75 Å². The Labute approximate surface area is 153 Å². The number of amides is 2. The average Bonchev–Trinajstić information content (AvgIpc) is 3.04. The average molecular weight is 352 g/mol. The van der Waals surface area contributed by atoms with E-state index in [4.69, 9.17) is 0 Å². The van der Waals surface area contributed by atoms with Crippen LogP contribution in [0.25, 0.3) is 0 Å². The number of aromatic hydroxyl groups is 1. The molecule has 3 rings (SSSR count). The lowest BCUT2D eigenvalue weighted by molar-refractivity contribution is -0.114. The molecule has 2 aromatic rings. The third kappa shape index (κ3) is 4.23. The van der Waals surface area contributed by atoms with Gasteiger partial charge in [0, 0.05) is 31.3 Å². The molecule has 0 aromatic heterocycles. The number of likely N-dealkylation sites (tertiary alicyclic amines) is 1. The van der Waals surface area contributed by atoms with Gasteiger partial charge in [0.1, 0.15) is 5.75 Å². The third-order valence-corrected chi connectivity index (χ3v) is 4.81. The second-order valence-electron chi connectivity index (χ2n) is 6.99. The molecule has 5 heteroatoms. The number of rotatable bonds is 4. The van der Waals surface area contributed by atoms with Gasteiger partial charge in [-0.25, -0.2) is 0 Å². The highest BCUT2D eigenvalue weighted by Gasteiger charge is 2.27. The highest BCUT2D eigenvalue weighted by Crippen LogP contribution is 2.25. The van der Waals surface area contributed by atoms with Gasteiger partial charge in [-0.1, -0.05) is 12.1 Å². The normalized spacial score (nSPS) is 16.5. The molecule has 136 valence electrons. The van der Waals surface area contributed by atoms with Gasteiger partial charge in [0.15, 0.2) is 0 Å². The summed E-state index contributed by atoms with van der Waals surface area (Å²) >= 11 is 0. The molecule has 1 atom stereocenters. The standard InChI is InChI=1S/C21H24N2O3/c1-14-11-18(22-15(2)24)5-8-20(14)21(26)23-10-9-17(13-23)12-16-3-6-19(25)7-4-16/h3-8,11,17,25H,9-10,12-13H2,1-2H3,(H,22,24). The topological polar surface area (TPSA) is 69.6 Å². The molecular formula is C21H24N2O3. The van der Waals surface area contributed by atoms with Crippen molar-refractivity contribution in [2.75, 3.05) is 18.4 Å². The smallest absolute Gasteiger partial charge is 0.254 e. The summed E-state index contributed by atoms with van der Waals surface area (Å²) in [5, 5.41) is 12.1. The van der Waals surface area contributed by atoms with Crippen LogP contribution in [-0.4, -0.2) is 34.9 Å². The Bertz CT molecular complexity index is 815. The van der Waals surface area contributed by atoms with E-state index in [0.29, 0.717) is 17.2 Å². The number of carbonyl (C=O) groups is 2. The fourth-order valence-electron chi connectivity index (χ4n) is 3.50. The van der Waals surface area contributed by atoms with Crippen LogP contribution in [0, 0.1) is 12.8 Å². The Morgan fingerprint density at radius 1 is 1.19 bits per heavy atom. The number of benzene rings is 2. The molecule has 0 spiro atoms. The molecule has 26 heavy (non-hydrogen) atoms. The van der Waals surface area contributed by atoms with Crippen molar-refractivity contribution in [3.63, 3.8) is 0 Å². The lowest BCUT2D eigenvalue weighted by Gasteiger charge is -2.18. The zero-order valence-electron chi connectivity index (χ0n) is 15.2. The van der Waals surface area contributed by atoms with E-state index in [-0.39, 0.29) is 17.6 Å². The molecule has 2 amide bonds. The van der Waals surface area contributed by atoms with Crippen LogP contribution in [-0.2, 0) is 11.2 Å². The maximum absolute atomic E-state index is 12.8. The van der Waals surface area contributed by atoms with E-state index in [9.17, 15) is 14.7 Å². The molecule has 0 radical (unpaired) electrons. The van der Waals surface area contributed by atoms with Crippen LogP contribution in [0.2, 0.25) is 0 Å². The summed E-state index contributed by atoms with van der Waals surface area (Å²) in [6.07, 6.45) is 1.89. The molecule has 5 nitrogen and oxygen atoms in total.